The van der Waals surface area contributed by atoms with Gasteiger partial charge in [0.25, 0.3) is 0 Å². The maximum Gasteiger partial charge on any atom is 0.355 e. The molecule has 4 nitrogen and oxygen atoms in total. The number of halogens is 2. The molecule has 0 aliphatic rings. The highest BCUT2D eigenvalue weighted by atomic mass is 32.1. The fraction of sp³-hybridized carbons (Fsp3) is 0.231. The summed E-state index contributed by atoms with van der Waals surface area (Å²) in [6.07, 6.45) is 0. The SMILES string of the molecule is CN(C)C(c1ccc(F)c(F)c1)c1nc(C(=O)O)cs1. The number of hydrogen-bond donors (Lipinski definition) is 1. The van der Waals surface area contributed by atoms with Crippen LogP contribution in [0.25, 0.3) is 0 Å². The lowest BCUT2D eigenvalue weighted by Crippen LogP contribution is -2.21. The third kappa shape index (κ3) is 2.83. The number of carbonyl (C=O) groups is 1. The van der Waals surface area contributed by atoms with Gasteiger partial charge in [-0.25, -0.2) is 18.6 Å². The minimum absolute atomic E-state index is 0.0561. The summed E-state index contributed by atoms with van der Waals surface area (Å²) in [5.41, 5.74) is 0.458. The monoisotopic (exact) mass is 298 g/mol. The van der Waals surface area contributed by atoms with Crippen molar-refractivity contribution in [1.82, 2.24) is 9.88 Å². The highest BCUT2D eigenvalue weighted by Gasteiger charge is 2.22. The lowest BCUT2D eigenvalue weighted by atomic mass is 10.1. The number of thiazole rings is 1. The number of hydrogen-bond acceptors (Lipinski definition) is 4. The van der Waals surface area contributed by atoms with Crippen LogP contribution in [0.5, 0.6) is 0 Å². The van der Waals surface area contributed by atoms with Crippen LogP contribution in [0.4, 0.5) is 8.78 Å². The van der Waals surface area contributed by atoms with E-state index in [0.29, 0.717) is 10.6 Å². The van der Waals surface area contributed by atoms with Crippen LogP contribution in [-0.2, 0) is 0 Å². The van der Waals surface area contributed by atoms with Gasteiger partial charge in [0, 0.05) is 5.38 Å². The number of benzene rings is 1. The average molecular weight is 298 g/mol. The van der Waals surface area contributed by atoms with Crippen molar-refractivity contribution in [2.45, 2.75) is 6.04 Å². The summed E-state index contributed by atoms with van der Waals surface area (Å²) in [5, 5.41) is 10.8. The first-order chi connectivity index (χ1) is 9.40. The first-order valence-corrected chi connectivity index (χ1v) is 6.58. The number of carboxylic acids is 1. The van der Waals surface area contributed by atoms with E-state index in [1.807, 2.05) is 0 Å². The van der Waals surface area contributed by atoms with Gasteiger partial charge in [-0.2, -0.15) is 0 Å². The van der Waals surface area contributed by atoms with E-state index >= 15 is 0 Å². The molecule has 7 heteroatoms. The summed E-state index contributed by atoms with van der Waals surface area (Å²) in [7, 11) is 3.52. The number of rotatable bonds is 4. The first kappa shape index (κ1) is 14.5. The zero-order valence-corrected chi connectivity index (χ0v) is 11.6. The van der Waals surface area contributed by atoms with Crippen molar-refractivity contribution in [1.29, 1.82) is 0 Å². The van der Waals surface area contributed by atoms with Gasteiger partial charge in [-0.05, 0) is 31.8 Å². The van der Waals surface area contributed by atoms with Gasteiger partial charge in [0.1, 0.15) is 5.01 Å². The third-order valence-corrected chi connectivity index (χ3v) is 3.65. The maximum absolute atomic E-state index is 13.3. The fourth-order valence-electron chi connectivity index (χ4n) is 1.86. The van der Waals surface area contributed by atoms with Crippen molar-refractivity contribution in [2.75, 3.05) is 14.1 Å². The van der Waals surface area contributed by atoms with Crippen LogP contribution in [0, 0.1) is 11.6 Å². The Morgan fingerprint density at radius 1 is 1.35 bits per heavy atom. The van der Waals surface area contributed by atoms with Gasteiger partial charge in [-0.15, -0.1) is 11.3 Å². The van der Waals surface area contributed by atoms with E-state index in [-0.39, 0.29) is 5.69 Å². The Balaban J connectivity index is 2.44. The van der Waals surface area contributed by atoms with E-state index < -0.39 is 23.6 Å². The summed E-state index contributed by atoms with van der Waals surface area (Å²) >= 11 is 1.17. The molecule has 0 fully saturated rings. The van der Waals surface area contributed by atoms with Crippen molar-refractivity contribution < 1.29 is 18.7 Å². The lowest BCUT2D eigenvalue weighted by molar-refractivity contribution is 0.0691. The van der Waals surface area contributed by atoms with Crippen LogP contribution >= 0.6 is 11.3 Å². The maximum atomic E-state index is 13.3. The molecule has 0 aliphatic heterocycles. The number of carboxylic acid groups (broad SMARTS) is 1. The van der Waals surface area contributed by atoms with E-state index in [1.54, 1.807) is 19.0 Å². The average Bonchev–Trinajstić information content (AvgIpc) is 2.83. The van der Waals surface area contributed by atoms with Gasteiger partial charge in [0.05, 0.1) is 6.04 Å². The molecule has 106 valence electrons. The predicted octanol–water partition coefficient (Wildman–Crippen LogP) is 2.77. The van der Waals surface area contributed by atoms with E-state index in [2.05, 4.69) is 4.98 Å². The van der Waals surface area contributed by atoms with E-state index in [4.69, 9.17) is 5.11 Å². The Bertz CT molecular complexity index is 643. The Kier molecular flexibility index (Phi) is 4.10. The van der Waals surface area contributed by atoms with Crippen molar-refractivity contribution in [2.24, 2.45) is 0 Å². The molecule has 2 aromatic rings. The molecule has 20 heavy (non-hydrogen) atoms. The molecule has 0 radical (unpaired) electrons. The fourth-order valence-corrected chi connectivity index (χ4v) is 2.87. The Labute approximate surface area is 118 Å². The second kappa shape index (κ2) is 5.64. The normalized spacial score (nSPS) is 12.7. The molecule has 1 N–H and O–H groups in total. The minimum Gasteiger partial charge on any atom is -0.476 e. The molecule has 2 rings (SSSR count). The molecule has 0 bridgehead atoms. The third-order valence-electron chi connectivity index (χ3n) is 2.75. The quantitative estimate of drug-likeness (QED) is 0.943. The van der Waals surface area contributed by atoms with Gasteiger partial charge in [0.15, 0.2) is 17.3 Å². The highest BCUT2D eigenvalue weighted by Crippen LogP contribution is 2.30. The van der Waals surface area contributed by atoms with Gasteiger partial charge in [-0.1, -0.05) is 6.07 Å². The first-order valence-electron chi connectivity index (χ1n) is 5.70. The van der Waals surface area contributed by atoms with Crippen molar-refractivity contribution >= 4 is 17.3 Å². The van der Waals surface area contributed by atoms with Crippen LogP contribution in [0.15, 0.2) is 23.6 Å². The second-order valence-electron chi connectivity index (χ2n) is 4.42. The van der Waals surface area contributed by atoms with Crippen molar-refractivity contribution in [3.63, 3.8) is 0 Å². The van der Waals surface area contributed by atoms with Crippen LogP contribution in [-0.4, -0.2) is 35.1 Å². The minimum atomic E-state index is -1.12. The van der Waals surface area contributed by atoms with Gasteiger partial charge in [0.2, 0.25) is 0 Å². The van der Waals surface area contributed by atoms with Crippen LogP contribution in [0.1, 0.15) is 27.1 Å². The van der Waals surface area contributed by atoms with E-state index in [1.165, 1.54) is 22.8 Å². The van der Waals surface area contributed by atoms with E-state index in [9.17, 15) is 13.6 Å². The van der Waals surface area contributed by atoms with Crippen molar-refractivity contribution in [3.05, 3.63) is 51.5 Å². The molecule has 0 aliphatic carbocycles. The highest BCUT2D eigenvalue weighted by molar-refractivity contribution is 7.10. The molecule has 0 amide bonds. The Hall–Kier alpha value is -1.86. The van der Waals surface area contributed by atoms with Crippen LogP contribution in [0.2, 0.25) is 0 Å². The standard InChI is InChI=1S/C13H12F2N2O2S/c1-17(2)11(7-3-4-8(14)9(15)5-7)12-16-10(6-20-12)13(18)19/h3-6,11H,1-2H3,(H,18,19). The molecule has 0 saturated carbocycles. The second-order valence-corrected chi connectivity index (χ2v) is 5.31. The number of aromatic carboxylic acids is 1. The van der Waals surface area contributed by atoms with Gasteiger partial charge in [-0.3, -0.25) is 4.90 Å². The molecular weight excluding hydrogens is 286 g/mol. The zero-order valence-electron chi connectivity index (χ0n) is 10.8. The summed E-state index contributed by atoms with van der Waals surface area (Å²) < 4.78 is 26.3. The molecule has 1 atom stereocenters. The number of aromatic nitrogens is 1. The summed E-state index contributed by atoms with van der Waals surface area (Å²) in [6.45, 7) is 0. The summed E-state index contributed by atoms with van der Waals surface area (Å²) in [6, 6.07) is 3.18. The summed E-state index contributed by atoms with van der Waals surface area (Å²) in [4.78, 5) is 16.6. The van der Waals surface area contributed by atoms with Crippen LogP contribution < -0.4 is 0 Å². The van der Waals surface area contributed by atoms with E-state index in [0.717, 1.165) is 12.1 Å². The predicted molar refractivity (Wildman–Crippen MR) is 71.0 cm³/mol. The molecule has 0 saturated heterocycles. The molecule has 1 unspecified atom stereocenters. The smallest absolute Gasteiger partial charge is 0.355 e. The molecule has 1 heterocycles. The Morgan fingerprint density at radius 3 is 2.55 bits per heavy atom. The molecule has 1 aromatic heterocycles. The van der Waals surface area contributed by atoms with Gasteiger partial charge >= 0.3 is 5.97 Å². The Morgan fingerprint density at radius 2 is 2.05 bits per heavy atom. The van der Waals surface area contributed by atoms with Gasteiger partial charge < -0.3 is 5.11 Å². The number of nitrogens with zero attached hydrogens (tertiary/aromatic N) is 2. The molecule has 0 spiro atoms. The van der Waals surface area contributed by atoms with Crippen molar-refractivity contribution in [3.8, 4) is 0 Å². The molecule has 1 aromatic carbocycles. The topological polar surface area (TPSA) is 53.4 Å². The van der Waals surface area contributed by atoms with Crippen LogP contribution in [0.3, 0.4) is 0 Å². The summed E-state index contributed by atoms with van der Waals surface area (Å²) in [5.74, 6) is -2.98. The zero-order chi connectivity index (χ0) is 14.9. The lowest BCUT2D eigenvalue weighted by Gasteiger charge is -2.22. The molecular formula is C13H12F2N2O2S. The largest absolute Gasteiger partial charge is 0.476 e.